The zero-order valence-electron chi connectivity index (χ0n) is 10.6. The Kier molecular flexibility index (Phi) is 3.09. The van der Waals surface area contributed by atoms with E-state index in [1.165, 1.54) is 4.70 Å². The average Bonchev–Trinajstić information content (AvgIpc) is 2.89. The Bertz CT molecular complexity index is 543. The van der Waals surface area contributed by atoms with Gasteiger partial charge >= 0.3 is 0 Å². The summed E-state index contributed by atoms with van der Waals surface area (Å²) in [7, 11) is 0. The van der Waals surface area contributed by atoms with E-state index in [0.717, 1.165) is 49.6 Å². The summed E-state index contributed by atoms with van der Waals surface area (Å²) in [5, 5.41) is 0. The van der Waals surface area contributed by atoms with Crippen LogP contribution >= 0.6 is 11.3 Å². The van der Waals surface area contributed by atoms with Gasteiger partial charge in [-0.3, -0.25) is 0 Å². The Labute approximate surface area is 111 Å². The molecule has 5 heteroatoms. The number of nitrogen functional groups attached to an aromatic ring is 1. The van der Waals surface area contributed by atoms with Gasteiger partial charge in [0.2, 0.25) is 0 Å². The van der Waals surface area contributed by atoms with E-state index in [-0.39, 0.29) is 0 Å². The summed E-state index contributed by atoms with van der Waals surface area (Å²) in [6, 6.07) is 4.27. The van der Waals surface area contributed by atoms with Gasteiger partial charge in [-0.25, -0.2) is 4.98 Å². The van der Waals surface area contributed by atoms with Crippen LogP contribution in [0.2, 0.25) is 0 Å². The molecule has 0 aliphatic carbocycles. The van der Waals surface area contributed by atoms with E-state index in [1.807, 2.05) is 5.51 Å². The van der Waals surface area contributed by atoms with Crippen LogP contribution in [-0.4, -0.2) is 42.6 Å². The number of likely N-dealkylation sites (N-methyl/N-ethyl adjacent to an activating group) is 1. The average molecular weight is 262 g/mol. The van der Waals surface area contributed by atoms with Crippen molar-refractivity contribution >= 4 is 32.9 Å². The van der Waals surface area contributed by atoms with Crippen LogP contribution in [0.15, 0.2) is 17.6 Å². The molecule has 4 nitrogen and oxygen atoms in total. The van der Waals surface area contributed by atoms with Gasteiger partial charge in [0, 0.05) is 26.2 Å². The highest BCUT2D eigenvalue weighted by atomic mass is 32.1. The molecule has 2 N–H and O–H groups in total. The predicted molar refractivity (Wildman–Crippen MR) is 78.4 cm³/mol. The zero-order valence-corrected chi connectivity index (χ0v) is 11.4. The number of thiazole rings is 1. The van der Waals surface area contributed by atoms with Gasteiger partial charge < -0.3 is 15.5 Å². The monoisotopic (exact) mass is 262 g/mol. The van der Waals surface area contributed by atoms with Gasteiger partial charge in [-0.1, -0.05) is 6.92 Å². The number of piperazine rings is 1. The molecule has 0 bridgehead atoms. The van der Waals surface area contributed by atoms with Crippen molar-refractivity contribution in [3.8, 4) is 0 Å². The van der Waals surface area contributed by atoms with Crippen molar-refractivity contribution in [1.82, 2.24) is 9.88 Å². The van der Waals surface area contributed by atoms with E-state index in [2.05, 4.69) is 33.8 Å². The number of fused-ring (bicyclic) bond motifs is 1. The predicted octanol–water partition coefficient (Wildman–Crippen LogP) is 2.02. The fourth-order valence-corrected chi connectivity index (χ4v) is 3.21. The molecule has 18 heavy (non-hydrogen) atoms. The fourth-order valence-electron chi connectivity index (χ4n) is 2.52. The summed E-state index contributed by atoms with van der Waals surface area (Å²) in [6.07, 6.45) is 0. The van der Waals surface area contributed by atoms with Gasteiger partial charge in [0.25, 0.3) is 0 Å². The lowest BCUT2D eigenvalue weighted by molar-refractivity contribution is 0.271. The topological polar surface area (TPSA) is 45.4 Å². The van der Waals surface area contributed by atoms with Gasteiger partial charge in [0.15, 0.2) is 0 Å². The molecule has 0 radical (unpaired) electrons. The Morgan fingerprint density at radius 2 is 2.06 bits per heavy atom. The molecule has 1 aliphatic rings. The Hall–Kier alpha value is -1.33. The van der Waals surface area contributed by atoms with Crippen molar-refractivity contribution in [1.29, 1.82) is 0 Å². The van der Waals surface area contributed by atoms with Crippen LogP contribution < -0.4 is 10.6 Å². The normalized spacial score (nSPS) is 17.5. The molecule has 2 aromatic rings. The van der Waals surface area contributed by atoms with Crippen molar-refractivity contribution < 1.29 is 0 Å². The highest BCUT2D eigenvalue weighted by Gasteiger charge is 2.18. The first-order valence-electron chi connectivity index (χ1n) is 6.38. The Balaban J connectivity index is 1.88. The number of nitrogens with zero attached hydrogens (tertiary/aromatic N) is 3. The second kappa shape index (κ2) is 4.74. The lowest BCUT2D eigenvalue weighted by Gasteiger charge is -2.36. The van der Waals surface area contributed by atoms with Gasteiger partial charge in [0.05, 0.1) is 21.6 Å². The van der Waals surface area contributed by atoms with Crippen molar-refractivity contribution in [2.75, 3.05) is 43.4 Å². The van der Waals surface area contributed by atoms with Gasteiger partial charge in [-0.2, -0.15) is 0 Å². The van der Waals surface area contributed by atoms with Crippen molar-refractivity contribution in [2.24, 2.45) is 0 Å². The highest BCUT2D eigenvalue weighted by molar-refractivity contribution is 7.16. The second-order valence-corrected chi connectivity index (χ2v) is 5.51. The molecule has 0 spiro atoms. The molecule has 0 atom stereocenters. The molecule has 1 aromatic heterocycles. The van der Waals surface area contributed by atoms with Crippen LogP contribution in [-0.2, 0) is 0 Å². The molecule has 1 fully saturated rings. The molecule has 1 aromatic carbocycles. The van der Waals surface area contributed by atoms with Crippen LogP contribution in [0, 0.1) is 0 Å². The number of rotatable bonds is 2. The Morgan fingerprint density at radius 3 is 2.78 bits per heavy atom. The first-order valence-corrected chi connectivity index (χ1v) is 7.26. The first-order chi connectivity index (χ1) is 8.79. The molecular formula is C13H18N4S. The van der Waals surface area contributed by atoms with E-state index in [9.17, 15) is 0 Å². The minimum Gasteiger partial charge on any atom is -0.395 e. The summed E-state index contributed by atoms with van der Waals surface area (Å²) < 4.78 is 1.17. The second-order valence-electron chi connectivity index (χ2n) is 4.62. The maximum atomic E-state index is 6.25. The van der Waals surface area contributed by atoms with E-state index >= 15 is 0 Å². The highest BCUT2D eigenvalue weighted by Crippen LogP contribution is 2.32. The van der Waals surface area contributed by atoms with Crippen molar-refractivity contribution in [3.63, 3.8) is 0 Å². The number of hydrogen-bond acceptors (Lipinski definition) is 5. The minimum absolute atomic E-state index is 0.832. The first kappa shape index (κ1) is 11.7. The van der Waals surface area contributed by atoms with Crippen molar-refractivity contribution in [3.05, 3.63) is 17.6 Å². The largest absolute Gasteiger partial charge is 0.395 e. The number of nitrogens with two attached hydrogens (primary N) is 1. The maximum absolute atomic E-state index is 6.25. The smallest absolute Gasteiger partial charge is 0.106 e. The molecule has 3 rings (SSSR count). The number of anilines is 2. The van der Waals surface area contributed by atoms with Gasteiger partial charge in [-0.15, -0.1) is 11.3 Å². The molecule has 1 aliphatic heterocycles. The van der Waals surface area contributed by atoms with Crippen LogP contribution in [0.5, 0.6) is 0 Å². The third-order valence-electron chi connectivity index (χ3n) is 3.68. The molecular weight excluding hydrogens is 244 g/mol. The zero-order chi connectivity index (χ0) is 12.5. The number of benzene rings is 1. The quantitative estimate of drug-likeness (QED) is 0.841. The standard InChI is InChI=1S/C13H18N4S/c1-2-16-5-7-17(8-6-16)10-3-4-11-13(12(10)14)15-9-18-11/h3-4,9H,2,5-8,14H2,1H3. The summed E-state index contributed by atoms with van der Waals surface area (Å²) >= 11 is 1.64. The Morgan fingerprint density at radius 1 is 1.28 bits per heavy atom. The summed E-state index contributed by atoms with van der Waals surface area (Å²) in [6.45, 7) is 7.68. The SMILES string of the molecule is CCN1CCN(c2ccc3scnc3c2N)CC1. The maximum Gasteiger partial charge on any atom is 0.106 e. The van der Waals surface area contributed by atoms with Gasteiger partial charge in [-0.05, 0) is 18.7 Å². The van der Waals surface area contributed by atoms with Crippen LogP contribution in [0.25, 0.3) is 10.2 Å². The van der Waals surface area contributed by atoms with E-state index in [0.29, 0.717) is 0 Å². The molecule has 1 saturated heterocycles. The summed E-state index contributed by atoms with van der Waals surface area (Å²) in [5.41, 5.74) is 11.0. The summed E-state index contributed by atoms with van der Waals surface area (Å²) in [4.78, 5) is 9.20. The molecule has 0 amide bonds. The molecule has 0 saturated carbocycles. The lowest BCUT2D eigenvalue weighted by atomic mass is 10.2. The van der Waals surface area contributed by atoms with E-state index in [4.69, 9.17) is 5.73 Å². The van der Waals surface area contributed by atoms with Crippen LogP contribution in [0.4, 0.5) is 11.4 Å². The third kappa shape index (κ3) is 1.93. The van der Waals surface area contributed by atoms with E-state index < -0.39 is 0 Å². The van der Waals surface area contributed by atoms with Crippen LogP contribution in [0.3, 0.4) is 0 Å². The van der Waals surface area contributed by atoms with Gasteiger partial charge in [0.1, 0.15) is 5.52 Å². The van der Waals surface area contributed by atoms with E-state index in [1.54, 1.807) is 11.3 Å². The van der Waals surface area contributed by atoms with Crippen molar-refractivity contribution in [2.45, 2.75) is 6.92 Å². The van der Waals surface area contributed by atoms with Crippen LogP contribution in [0.1, 0.15) is 6.92 Å². The molecule has 2 heterocycles. The fraction of sp³-hybridized carbons (Fsp3) is 0.462. The number of hydrogen-bond donors (Lipinski definition) is 1. The minimum atomic E-state index is 0.832. The summed E-state index contributed by atoms with van der Waals surface area (Å²) in [5.74, 6) is 0. The third-order valence-corrected chi connectivity index (χ3v) is 4.47. The molecule has 96 valence electrons. The number of aromatic nitrogens is 1. The molecule has 0 unspecified atom stereocenters. The lowest BCUT2D eigenvalue weighted by Crippen LogP contribution is -2.46.